The van der Waals surface area contributed by atoms with E-state index in [4.69, 9.17) is 9.83 Å². The molecule has 2 aliphatic heterocycles. The number of aliphatic imine (C=N–C) groups is 1. The standard InChI is InChI=1S/C21H24N4O2S/c1-2-13-27-24-21(26)15-7-8-19-17(14-15)23-20(25-11-9-22-10-12-25)16-5-3-4-6-18(16)28-19/h3-8,14,22H,2,9-13H2,1H3,(H,24,26). The molecule has 0 aliphatic carbocycles. The third kappa shape index (κ3) is 4.06. The molecule has 0 unspecified atom stereocenters. The maximum atomic E-state index is 12.4. The Morgan fingerprint density at radius 1 is 1.21 bits per heavy atom. The molecule has 28 heavy (non-hydrogen) atoms. The first-order valence-electron chi connectivity index (χ1n) is 9.64. The zero-order valence-electron chi connectivity index (χ0n) is 15.9. The SMILES string of the molecule is CCCONC(=O)c1ccc2c(c1)N=C(N1CCNCC1)c1ccccc1S2. The molecule has 0 radical (unpaired) electrons. The van der Waals surface area contributed by atoms with Crippen molar-refractivity contribution in [3.05, 3.63) is 53.6 Å². The number of hydrogen-bond acceptors (Lipinski definition) is 6. The lowest BCUT2D eigenvalue weighted by Crippen LogP contribution is -2.46. The van der Waals surface area contributed by atoms with Crippen LogP contribution in [0.3, 0.4) is 0 Å². The monoisotopic (exact) mass is 396 g/mol. The smallest absolute Gasteiger partial charge is 0.274 e. The number of carbonyl (C=O) groups excluding carboxylic acids is 1. The fourth-order valence-electron chi connectivity index (χ4n) is 3.26. The molecule has 0 aromatic heterocycles. The van der Waals surface area contributed by atoms with Crippen molar-refractivity contribution in [1.82, 2.24) is 15.7 Å². The zero-order chi connectivity index (χ0) is 19.3. The first kappa shape index (κ1) is 19.0. The summed E-state index contributed by atoms with van der Waals surface area (Å²) in [5.74, 6) is 0.727. The Hall–Kier alpha value is -2.35. The average molecular weight is 397 g/mol. The molecular formula is C21H24N4O2S. The molecule has 2 aromatic rings. The summed E-state index contributed by atoms with van der Waals surface area (Å²) in [5.41, 5.74) is 5.01. The molecule has 1 fully saturated rings. The van der Waals surface area contributed by atoms with Gasteiger partial charge in [-0.2, -0.15) is 0 Å². The minimum absolute atomic E-state index is 0.248. The minimum Gasteiger partial charge on any atom is -0.354 e. The first-order chi connectivity index (χ1) is 13.8. The molecule has 1 saturated heterocycles. The van der Waals surface area contributed by atoms with E-state index in [1.54, 1.807) is 11.8 Å². The fraction of sp³-hybridized carbons (Fsp3) is 0.333. The number of amides is 1. The predicted molar refractivity (Wildman–Crippen MR) is 111 cm³/mol. The Bertz CT molecular complexity index is 894. The van der Waals surface area contributed by atoms with Gasteiger partial charge in [0.05, 0.1) is 12.3 Å². The van der Waals surface area contributed by atoms with Gasteiger partial charge in [0, 0.05) is 47.1 Å². The second kappa shape index (κ2) is 8.77. The molecule has 0 saturated carbocycles. The zero-order valence-corrected chi connectivity index (χ0v) is 16.7. The highest BCUT2D eigenvalue weighted by atomic mass is 32.2. The van der Waals surface area contributed by atoms with E-state index in [0.29, 0.717) is 12.2 Å². The predicted octanol–water partition coefficient (Wildman–Crippen LogP) is 3.21. The summed E-state index contributed by atoms with van der Waals surface area (Å²) in [5, 5.41) is 3.39. The number of nitrogens with zero attached hydrogens (tertiary/aromatic N) is 2. The summed E-state index contributed by atoms with van der Waals surface area (Å²) in [6, 6.07) is 14.0. The second-order valence-corrected chi connectivity index (χ2v) is 7.82. The van der Waals surface area contributed by atoms with Crippen molar-refractivity contribution in [2.45, 2.75) is 23.1 Å². The van der Waals surface area contributed by atoms with Crippen LogP contribution in [-0.4, -0.2) is 49.4 Å². The molecule has 2 heterocycles. The molecule has 2 aromatic carbocycles. The summed E-state index contributed by atoms with van der Waals surface area (Å²) in [7, 11) is 0. The van der Waals surface area contributed by atoms with Crippen LogP contribution in [0.1, 0.15) is 29.3 Å². The fourth-order valence-corrected chi connectivity index (χ4v) is 4.26. The number of hydroxylamine groups is 1. The molecule has 146 valence electrons. The summed E-state index contributed by atoms with van der Waals surface area (Å²) >= 11 is 1.69. The number of nitrogens with one attached hydrogen (secondary N) is 2. The van der Waals surface area contributed by atoms with Crippen molar-refractivity contribution in [3.8, 4) is 0 Å². The van der Waals surface area contributed by atoms with E-state index >= 15 is 0 Å². The molecule has 0 spiro atoms. The van der Waals surface area contributed by atoms with E-state index in [1.807, 2.05) is 25.1 Å². The maximum Gasteiger partial charge on any atom is 0.274 e. The molecule has 2 aliphatic rings. The van der Waals surface area contributed by atoms with Crippen LogP contribution in [0.5, 0.6) is 0 Å². The van der Waals surface area contributed by atoms with Gasteiger partial charge in [-0.3, -0.25) is 9.63 Å². The van der Waals surface area contributed by atoms with Crippen molar-refractivity contribution in [3.63, 3.8) is 0 Å². The van der Waals surface area contributed by atoms with Crippen molar-refractivity contribution in [2.75, 3.05) is 32.8 Å². The lowest BCUT2D eigenvalue weighted by molar-refractivity contribution is 0.0315. The molecule has 7 heteroatoms. The highest BCUT2D eigenvalue weighted by Gasteiger charge is 2.23. The quantitative estimate of drug-likeness (QED) is 0.614. The molecule has 6 nitrogen and oxygen atoms in total. The highest BCUT2D eigenvalue weighted by Crippen LogP contribution is 2.41. The normalized spacial score (nSPS) is 15.9. The Morgan fingerprint density at radius 2 is 2.04 bits per heavy atom. The van der Waals surface area contributed by atoms with Crippen molar-refractivity contribution in [2.24, 2.45) is 4.99 Å². The summed E-state index contributed by atoms with van der Waals surface area (Å²) in [4.78, 5) is 27.1. The van der Waals surface area contributed by atoms with Crippen LogP contribution in [0.25, 0.3) is 0 Å². The lowest BCUT2D eigenvalue weighted by atomic mass is 10.1. The summed E-state index contributed by atoms with van der Waals surface area (Å²) in [6.45, 7) is 6.20. The first-order valence-corrected chi connectivity index (χ1v) is 10.5. The van der Waals surface area contributed by atoms with Gasteiger partial charge >= 0.3 is 0 Å². The van der Waals surface area contributed by atoms with Crippen LogP contribution in [-0.2, 0) is 4.84 Å². The third-order valence-electron chi connectivity index (χ3n) is 4.68. The molecular weight excluding hydrogens is 372 g/mol. The second-order valence-electron chi connectivity index (χ2n) is 6.73. The number of carbonyl (C=O) groups is 1. The van der Waals surface area contributed by atoms with Crippen LogP contribution >= 0.6 is 11.8 Å². The number of hydrogen-bond donors (Lipinski definition) is 2. The van der Waals surface area contributed by atoms with Gasteiger partial charge in [-0.05, 0) is 30.7 Å². The maximum absolute atomic E-state index is 12.4. The number of amidine groups is 1. The van der Waals surface area contributed by atoms with Crippen molar-refractivity contribution in [1.29, 1.82) is 0 Å². The van der Waals surface area contributed by atoms with Crippen molar-refractivity contribution < 1.29 is 9.63 Å². The number of rotatable bonds is 4. The Balaban J connectivity index is 1.70. The number of fused-ring (bicyclic) bond motifs is 2. The Labute approximate surface area is 169 Å². The lowest BCUT2D eigenvalue weighted by Gasteiger charge is -2.30. The average Bonchev–Trinajstić information content (AvgIpc) is 2.90. The van der Waals surface area contributed by atoms with Crippen LogP contribution in [0.4, 0.5) is 5.69 Å². The van der Waals surface area contributed by atoms with Crippen LogP contribution in [0.15, 0.2) is 57.2 Å². The van der Waals surface area contributed by atoms with Gasteiger partial charge in [-0.25, -0.2) is 10.5 Å². The van der Waals surface area contributed by atoms with E-state index in [-0.39, 0.29) is 5.91 Å². The summed E-state index contributed by atoms with van der Waals surface area (Å²) in [6.07, 6.45) is 0.845. The van der Waals surface area contributed by atoms with E-state index in [1.165, 1.54) is 4.90 Å². The van der Waals surface area contributed by atoms with Crippen LogP contribution in [0.2, 0.25) is 0 Å². The van der Waals surface area contributed by atoms with Gasteiger partial charge in [0.1, 0.15) is 5.84 Å². The van der Waals surface area contributed by atoms with Gasteiger partial charge in [0.15, 0.2) is 0 Å². The third-order valence-corrected chi connectivity index (χ3v) is 5.82. The topological polar surface area (TPSA) is 66.0 Å². The Kier molecular flexibility index (Phi) is 5.95. The van der Waals surface area contributed by atoms with E-state index in [9.17, 15) is 4.79 Å². The summed E-state index contributed by atoms with van der Waals surface area (Å²) < 4.78 is 0. The largest absolute Gasteiger partial charge is 0.354 e. The van der Waals surface area contributed by atoms with Gasteiger partial charge in [0.25, 0.3) is 5.91 Å². The molecule has 1 amide bonds. The van der Waals surface area contributed by atoms with E-state index in [0.717, 1.165) is 54.6 Å². The number of piperazine rings is 1. The number of benzene rings is 2. The van der Waals surface area contributed by atoms with Gasteiger partial charge in [-0.15, -0.1) is 0 Å². The Morgan fingerprint density at radius 3 is 2.86 bits per heavy atom. The molecule has 4 rings (SSSR count). The van der Waals surface area contributed by atoms with Crippen LogP contribution in [0, 0.1) is 0 Å². The van der Waals surface area contributed by atoms with Crippen LogP contribution < -0.4 is 10.8 Å². The van der Waals surface area contributed by atoms with Crippen molar-refractivity contribution >= 4 is 29.2 Å². The minimum atomic E-state index is -0.248. The van der Waals surface area contributed by atoms with Gasteiger partial charge < -0.3 is 10.2 Å². The van der Waals surface area contributed by atoms with Gasteiger partial charge in [-0.1, -0.05) is 36.9 Å². The van der Waals surface area contributed by atoms with E-state index in [2.05, 4.69) is 40.0 Å². The highest BCUT2D eigenvalue weighted by molar-refractivity contribution is 7.99. The molecule has 0 bridgehead atoms. The molecule has 0 atom stereocenters. The molecule has 2 N–H and O–H groups in total. The van der Waals surface area contributed by atoms with Gasteiger partial charge in [0.2, 0.25) is 0 Å². The van der Waals surface area contributed by atoms with E-state index < -0.39 is 0 Å².